The third kappa shape index (κ3) is 2.81. The zero-order valence-corrected chi connectivity index (χ0v) is 14.9. The second-order valence-corrected chi connectivity index (χ2v) is 7.36. The number of rotatable bonds is 3. The molecule has 1 heterocycles. The second kappa shape index (κ2) is 5.87. The Morgan fingerprint density at radius 3 is 2.17 bits per heavy atom. The lowest BCUT2D eigenvalue weighted by atomic mass is 9.75. The van der Waals surface area contributed by atoms with E-state index in [1.54, 1.807) is 0 Å². The van der Waals surface area contributed by atoms with E-state index in [2.05, 4.69) is 19.1 Å². The number of benzene rings is 2. The lowest BCUT2D eigenvalue weighted by molar-refractivity contribution is 0.00578. The molecule has 1 saturated heterocycles. The summed E-state index contributed by atoms with van der Waals surface area (Å²) < 4.78 is 12.3. The lowest BCUT2D eigenvalue weighted by Crippen LogP contribution is -2.41. The summed E-state index contributed by atoms with van der Waals surface area (Å²) in [6.07, 6.45) is 0.863. The molecule has 0 aliphatic carbocycles. The van der Waals surface area contributed by atoms with E-state index in [0.717, 1.165) is 22.9 Å². The molecule has 0 radical (unpaired) electrons. The highest BCUT2D eigenvalue weighted by atomic mass is 16.7. The van der Waals surface area contributed by atoms with E-state index in [0.29, 0.717) is 5.56 Å². The molecule has 0 bridgehead atoms. The first-order valence-corrected chi connectivity index (χ1v) is 8.26. The minimum atomic E-state index is -0.542. The van der Waals surface area contributed by atoms with Crippen molar-refractivity contribution in [3.05, 3.63) is 53.6 Å². The van der Waals surface area contributed by atoms with Crippen LogP contribution in [0.15, 0.2) is 42.5 Å². The molecule has 0 aromatic heterocycles. The molecule has 2 aromatic rings. The van der Waals surface area contributed by atoms with Crippen LogP contribution in [0, 0.1) is 6.92 Å². The average Bonchev–Trinajstić information content (AvgIpc) is 2.75. The van der Waals surface area contributed by atoms with Gasteiger partial charge >= 0.3 is 7.12 Å². The van der Waals surface area contributed by atoms with Crippen LogP contribution in [0.1, 0.15) is 43.6 Å². The van der Waals surface area contributed by atoms with Crippen molar-refractivity contribution in [2.24, 2.45) is 0 Å². The number of aryl methyl sites for hydroxylation is 1. The summed E-state index contributed by atoms with van der Waals surface area (Å²) in [6, 6.07) is 14.0. The summed E-state index contributed by atoms with van der Waals surface area (Å²) in [5, 5.41) is 0. The predicted octanol–water partition coefficient (Wildman–Crippen LogP) is 3.77. The van der Waals surface area contributed by atoms with Crippen LogP contribution in [0.2, 0.25) is 0 Å². The van der Waals surface area contributed by atoms with E-state index < -0.39 is 18.3 Å². The van der Waals surface area contributed by atoms with Crippen molar-refractivity contribution in [2.45, 2.75) is 45.8 Å². The van der Waals surface area contributed by atoms with E-state index >= 15 is 0 Å². The lowest BCUT2D eigenvalue weighted by Gasteiger charge is -2.32. The molecule has 0 spiro atoms. The van der Waals surface area contributed by atoms with Crippen LogP contribution < -0.4 is 5.46 Å². The van der Waals surface area contributed by atoms with Crippen LogP contribution in [0.3, 0.4) is 0 Å². The van der Waals surface area contributed by atoms with E-state index in [-0.39, 0.29) is 0 Å². The molecule has 1 aliphatic heterocycles. The Bertz CT molecular complexity index is 764. The van der Waals surface area contributed by atoms with Gasteiger partial charge < -0.3 is 9.31 Å². The van der Waals surface area contributed by atoms with Gasteiger partial charge in [0, 0.05) is 5.56 Å². The molecule has 1 aliphatic rings. The van der Waals surface area contributed by atoms with E-state index in [4.69, 9.17) is 9.31 Å². The van der Waals surface area contributed by atoms with Crippen molar-refractivity contribution in [1.29, 1.82) is 0 Å². The third-order valence-electron chi connectivity index (χ3n) is 5.18. The molecule has 4 heteroatoms. The largest absolute Gasteiger partial charge is 0.495 e. The molecule has 0 unspecified atom stereocenters. The standard InChI is InChI=1S/C20H23BO3/c1-14-8-6-7-9-17(14)15-10-11-16(13-22)18(12-15)21-23-19(2,3)20(4,5)24-21/h6-13H,1-5H3. The molecule has 0 N–H and O–H groups in total. The normalized spacial score (nSPS) is 18.6. The number of carbonyl (C=O) groups excluding carboxylic acids is 1. The number of carbonyl (C=O) groups is 1. The maximum Gasteiger partial charge on any atom is 0.495 e. The fraction of sp³-hybridized carbons (Fsp3) is 0.350. The summed E-state index contributed by atoms with van der Waals surface area (Å²) in [6.45, 7) is 10.1. The molecule has 0 atom stereocenters. The van der Waals surface area contributed by atoms with Gasteiger partial charge in [-0.15, -0.1) is 0 Å². The molecule has 24 heavy (non-hydrogen) atoms. The molecule has 3 rings (SSSR count). The molecular weight excluding hydrogens is 299 g/mol. The topological polar surface area (TPSA) is 35.5 Å². The van der Waals surface area contributed by atoms with Gasteiger partial charge in [-0.1, -0.05) is 42.5 Å². The zero-order valence-electron chi connectivity index (χ0n) is 14.9. The van der Waals surface area contributed by atoms with Gasteiger partial charge in [-0.25, -0.2) is 0 Å². The summed E-state index contributed by atoms with van der Waals surface area (Å²) in [5.41, 5.74) is 3.91. The van der Waals surface area contributed by atoms with Crippen molar-refractivity contribution >= 4 is 18.9 Å². The van der Waals surface area contributed by atoms with E-state index in [1.165, 1.54) is 5.56 Å². The average molecular weight is 322 g/mol. The Morgan fingerprint density at radius 2 is 1.58 bits per heavy atom. The van der Waals surface area contributed by atoms with Gasteiger partial charge in [-0.2, -0.15) is 0 Å². The fourth-order valence-corrected chi connectivity index (χ4v) is 2.92. The number of aldehydes is 1. The molecular formula is C20H23BO3. The SMILES string of the molecule is Cc1ccccc1-c1ccc(C=O)c(B2OC(C)(C)C(C)(C)O2)c1. The molecule has 0 amide bonds. The first kappa shape index (κ1) is 16.9. The Balaban J connectivity index is 2.07. The molecule has 1 fully saturated rings. The predicted molar refractivity (Wildman–Crippen MR) is 97.7 cm³/mol. The van der Waals surface area contributed by atoms with Crippen molar-refractivity contribution in [2.75, 3.05) is 0 Å². The highest BCUT2D eigenvalue weighted by Crippen LogP contribution is 2.37. The molecule has 2 aromatic carbocycles. The monoisotopic (exact) mass is 322 g/mol. The van der Waals surface area contributed by atoms with E-state index in [9.17, 15) is 4.79 Å². The van der Waals surface area contributed by atoms with Gasteiger partial charge in [-0.3, -0.25) is 4.79 Å². The van der Waals surface area contributed by atoms with Crippen LogP contribution in [0.4, 0.5) is 0 Å². The van der Waals surface area contributed by atoms with Crippen molar-refractivity contribution in [3.8, 4) is 11.1 Å². The maximum absolute atomic E-state index is 11.5. The number of hydrogen-bond acceptors (Lipinski definition) is 3. The minimum Gasteiger partial charge on any atom is -0.399 e. The fourth-order valence-electron chi connectivity index (χ4n) is 2.92. The zero-order chi connectivity index (χ0) is 17.5. The summed E-state index contributed by atoms with van der Waals surface area (Å²) >= 11 is 0. The van der Waals surface area contributed by atoms with Gasteiger partial charge in [0.2, 0.25) is 0 Å². The van der Waals surface area contributed by atoms with Gasteiger partial charge in [0.05, 0.1) is 11.2 Å². The summed E-state index contributed by atoms with van der Waals surface area (Å²) in [4.78, 5) is 11.5. The summed E-state index contributed by atoms with van der Waals surface area (Å²) in [5.74, 6) is 0. The van der Waals surface area contributed by atoms with Gasteiger partial charge in [-0.05, 0) is 56.8 Å². The second-order valence-electron chi connectivity index (χ2n) is 7.36. The third-order valence-corrected chi connectivity index (χ3v) is 5.18. The molecule has 3 nitrogen and oxygen atoms in total. The molecule has 124 valence electrons. The maximum atomic E-state index is 11.5. The van der Waals surface area contributed by atoms with Crippen molar-refractivity contribution in [3.63, 3.8) is 0 Å². The Morgan fingerprint density at radius 1 is 0.958 bits per heavy atom. The summed E-state index contributed by atoms with van der Waals surface area (Å²) in [7, 11) is -0.542. The van der Waals surface area contributed by atoms with Gasteiger partial charge in [0.25, 0.3) is 0 Å². The highest BCUT2D eigenvalue weighted by molar-refractivity contribution is 6.63. The van der Waals surface area contributed by atoms with Crippen LogP contribution >= 0.6 is 0 Å². The smallest absolute Gasteiger partial charge is 0.399 e. The van der Waals surface area contributed by atoms with Crippen molar-refractivity contribution < 1.29 is 14.1 Å². The van der Waals surface area contributed by atoms with Gasteiger partial charge in [0.15, 0.2) is 0 Å². The van der Waals surface area contributed by atoms with Crippen LogP contribution in [0.25, 0.3) is 11.1 Å². The minimum absolute atomic E-state index is 0.434. The first-order valence-electron chi connectivity index (χ1n) is 8.26. The molecule has 0 saturated carbocycles. The Kier molecular flexibility index (Phi) is 4.14. The first-order chi connectivity index (χ1) is 11.2. The van der Waals surface area contributed by atoms with Crippen LogP contribution in [-0.2, 0) is 9.31 Å². The van der Waals surface area contributed by atoms with Crippen molar-refractivity contribution in [1.82, 2.24) is 0 Å². The Labute approximate surface area is 144 Å². The van der Waals surface area contributed by atoms with E-state index in [1.807, 2.05) is 58.0 Å². The van der Waals surface area contributed by atoms with Crippen LogP contribution in [-0.4, -0.2) is 24.6 Å². The van der Waals surface area contributed by atoms with Gasteiger partial charge in [0.1, 0.15) is 6.29 Å². The highest BCUT2D eigenvalue weighted by Gasteiger charge is 2.52. The number of hydrogen-bond donors (Lipinski definition) is 0. The quantitative estimate of drug-likeness (QED) is 0.637. The Hall–Kier alpha value is -1.91. The van der Waals surface area contributed by atoms with Crippen LogP contribution in [0.5, 0.6) is 0 Å².